The Morgan fingerprint density at radius 3 is 2.90 bits per heavy atom. The molecule has 1 heterocycles. The molecular formula is C14H18BrNO3S. The molecule has 110 valence electrons. The summed E-state index contributed by atoms with van der Waals surface area (Å²) in [6.07, 6.45) is 0.214. The van der Waals surface area contributed by atoms with Gasteiger partial charge in [0.2, 0.25) is 0 Å². The number of benzene rings is 1. The number of hydrogen-bond donors (Lipinski definition) is 1. The van der Waals surface area contributed by atoms with Crippen LogP contribution in [-0.2, 0) is 4.79 Å². The number of carboxylic acid groups (broad SMARTS) is 1. The van der Waals surface area contributed by atoms with E-state index in [1.54, 1.807) is 0 Å². The van der Waals surface area contributed by atoms with Gasteiger partial charge in [-0.25, -0.2) is 0 Å². The summed E-state index contributed by atoms with van der Waals surface area (Å²) in [6, 6.07) is 7.86. The quantitative estimate of drug-likeness (QED) is 0.846. The summed E-state index contributed by atoms with van der Waals surface area (Å²) in [5.41, 5.74) is 0. The maximum absolute atomic E-state index is 10.9. The molecule has 1 fully saturated rings. The molecule has 0 radical (unpaired) electrons. The molecule has 0 spiro atoms. The lowest BCUT2D eigenvalue weighted by atomic mass is 10.2. The fourth-order valence-electron chi connectivity index (χ4n) is 2.18. The van der Waals surface area contributed by atoms with E-state index >= 15 is 0 Å². The topological polar surface area (TPSA) is 49.8 Å². The van der Waals surface area contributed by atoms with Crippen molar-refractivity contribution in [2.45, 2.75) is 12.5 Å². The molecule has 1 aliphatic rings. The highest BCUT2D eigenvalue weighted by Crippen LogP contribution is 2.19. The molecule has 1 unspecified atom stereocenters. The Labute approximate surface area is 131 Å². The van der Waals surface area contributed by atoms with Gasteiger partial charge in [0, 0.05) is 35.1 Å². The highest BCUT2D eigenvalue weighted by Gasteiger charge is 2.24. The number of carbonyl (C=O) groups is 1. The molecule has 6 heteroatoms. The Morgan fingerprint density at radius 1 is 1.45 bits per heavy atom. The largest absolute Gasteiger partial charge is 0.492 e. The molecule has 0 amide bonds. The fraction of sp³-hybridized carbons (Fsp3) is 0.500. The molecule has 4 nitrogen and oxygen atoms in total. The molecule has 1 atom stereocenters. The second-order valence-corrected chi connectivity index (χ2v) is 6.73. The van der Waals surface area contributed by atoms with E-state index in [1.807, 2.05) is 36.0 Å². The molecule has 20 heavy (non-hydrogen) atoms. The van der Waals surface area contributed by atoms with Crippen LogP contribution in [0, 0.1) is 0 Å². The lowest BCUT2D eigenvalue weighted by Gasteiger charge is -2.34. The first-order chi connectivity index (χ1) is 9.65. The highest BCUT2D eigenvalue weighted by molar-refractivity contribution is 9.10. The lowest BCUT2D eigenvalue weighted by Crippen LogP contribution is -2.45. The number of rotatable bonds is 6. The van der Waals surface area contributed by atoms with Crippen LogP contribution in [0.25, 0.3) is 0 Å². The number of hydrogen-bond acceptors (Lipinski definition) is 4. The number of ether oxygens (including phenoxy) is 1. The van der Waals surface area contributed by atoms with Crippen LogP contribution in [0.2, 0.25) is 0 Å². The van der Waals surface area contributed by atoms with Gasteiger partial charge in [-0.15, -0.1) is 0 Å². The smallest absolute Gasteiger partial charge is 0.304 e. The Morgan fingerprint density at radius 2 is 2.20 bits per heavy atom. The van der Waals surface area contributed by atoms with Crippen molar-refractivity contribution in [3.63, 3.8) is 0 Å². The van der Waals surface area contributed by atoms with Crippen LogP contribution >= 0.6 is 27.7 Å². The van der Waals surface area contributed by atoms with Gasteiger partial charge < -0.3 is 9.84 Å². The van der Waals surface area contributed by atoms with E-state index in [0.29, 0.717) is 6.61 Å². The van der Waals surface area contributed by atoms with Crippen molar-refractivity contribution in [2.75, 3.05) is 31.2 Å². The number of thioether (sulfide) groups is 1. The zero-order valence-electron chi connectivity index (χ0n) is 11.1. The second kappa shape index (κ2) is 7.90. The number of aliphatic carboxylic acids is 1. The summed E-state index contributed by atoms with van der Waals surface area (Å²) in [5.74, 6) is 2.07. The van der Waals surface area contributed by atoms with Gasteiger partial charge in [-0.1, -0.05) is 15.9 Å². The third kappa shape index (κ3) is 5.00. The molecule has 0 saturated carbocycles. The Bertz CT molecular complexity index is 441. The Balaban J connectivity index is 1.79. The minimum Gasteiger partial charge on any atom is -0.492 e. The van der Waals surface area contributed by atoms with E-state index in [2.05, 4.69) is 20.8 Å². The summed E-state index contributed by atoms with van der Waals surface area (Å²) in [6.45, 7) is 2.29. The zero-order chi connectivity index (χ0) is 14.4. The first-order valence-electron chi connectivity index (χ1n) is 6.57. The second-order valence-electron chi connectivity index (χ2n) is 4.66. The summed E-state index contributed by atoms with van der Waals surface area (Å²) in [7, 11) is 0. The van der Waals surface area contributed by atoms with Gasteiger partial charge in [0.15, 0.2) is 0 Å². The van der Waals surface area contributed by atoms with E-state index in [4.69, 9.17) is 9.84 Å². The number of halogens is 1. The summed E-state index contributed by atoms with van der Waals surface area (Å²) in [5, 5.41) is 8.94. The van der Waals surface area contributed by atoms with Crippen LogP contribution in [0.3, 0.4) is 0 Å². The molecule has 1 saturated heterocycles. The first-order valence-corrected chi connectivity index (χ1v) is 8.52. The Kier molecular flexibility index (Phi) is 6.19. The van der Waals surface area contributed by atoms with Crippen LogP contribution in [0.5, 0.6) is 5.75 Å². The SMILES string of the molecule is O=C(O)CC1CSCCN1CCOc1ccc(Br)cc1. The van der Waals surface area contributed by atoms with Crippen LogP contribution in [0.15, 0.2) is 28.7 Å². The van der Waals surface area contributed by atoms with Crippen molar-refractivity contribution >= 4 is 33.7 Å². The van der Waals surface area contributed by atoms with Gasteiger partial charge in [0.1, 0.15) is 12.4 Å². The molecular weight excluding hydrogens is 342 g/mol. The van der Waals surface area contributed by atoms with E-state index in [-0.39, 0.29) is 12.5 Å². The van der Waals surface area contributed by atoms with Gasteiger partial charge in [-0.05, 0) is 24.3 Å². The van der Waals surface area contributed by atoms with Crippen molar-refractivity contribution in [2.24, 2.45) is 0 Å². The molecule has 0 aromatic heterocycles. The van der Waals surface area contributed by atoms with Crippen molar-refractivity contribution in [3.8, 4) is 5.75 Å². The zero-order valence-corrected chi connectivity index (χ0v) is 13.5. The predicted molar refractivity (Wildman–Crippen MR) is 84.6 cm³/mol. The van der Waals surface area contributed by atoms with Crippen molar-refractivity contribution in [3.05, 3.63) is 28.7 Å². The van der Waals surface area contributed by atoms with Gasteiger partial charge in [0.25, 0.3) is 0 Å². The first kappa shape index (κ1) is 15.7. The molecule has 1 N–H and O–H groups in total. The normalized spacial score (nSPS) is 19.8. The monoisotopic (exact) mass is 359 g/mol. The summed E-state index contributed by atoms with van der Waals surface area (Å²) < 4.78 is 6.73. The van der Waals surface area contributed by atoms with Gasteiger partial charge in [-0.3, -0.25) is 9.69 Å². The highest BCUT2D eigenvalue weighted by atomic mass is 79.9. The molecule has 2 rings (SSSR count). The average molecular weight is 360 g/mol. The maximum atomic E-state index is 10.9. The standard InChI is InChI=1S/C14H18BrNO3S/c15-11-1-3-13(4-2-11)19-7-5-16-6-8-20-10-12(16)9-14(17)18/h1-4,12H,5-10H2,(H,17,18). The summed E-state index contributed by atoms with van der Waals surface area (Å²) in [4.78, 5) is 13.1. The maximum Gasteiger partial charge on any atom is 0.304 e. The van der Waals surface area contributed by atoms with Crippen LogP contribution in [0.1, 0.15) is 6.42 Å². The number of nitrogens with zero attached hydrogens (tertiary/aromatic N) is 1. The van der Waals surface area contributed by atoms with Crippen molar-refractivity contribution in [1.82, 2.24) is 4.90 Å². The minimum absolute atomic E-state index is 0.125. The summed E-state index contributed by atoms with van der Waals surface area (Å²) >= 11 is 5.21. The number of carboxylic acids is 1. The van der Waals surface area contributed by atoms with Crippen LogP contribution in [-0.4, -0.2) is 53.2 Å². The molecule has 0 bridgehead atoms. The average Bonchev–Trinajstić information content (AvgIpc) is 2.42. The lowest BCUT2D eigenvalue weighted by molar-refractivity contribution is -0.138. The van der Waals surface area contributed by atoms with Crippen LogP contribution in [0.4, 0.5) is 0 Å². The molecule has 1 aliphatic heterocycles. The van der Waals surface area contributed by atoms with Crippen molar-refractivity contribution < 1.29 is 14.6 Å². The fourth-order valence-corrected chi connectivity index (χ4v) is 3.58. The predicted octanol–water partition coefficient (Wildman–Crippen LogP) is 2.72. The van der Waals surface area contributed by atoms with Crippen LogP contribution < -0.4 is 4.74 Å². The van der Waals surface area contributed by atoms with E-state index in [9.17, 15) is 4.79 Å². The molecule has 1 aromatic rings. The van der Waals surface area contributed by atoms with E-state index in [0.717, 1.165) is 34.8 Å². The van der Waals surface area contributed by atoms with E-state index in [1.165, 1.54) is 0 Å². The van der Waals surface area contributed by atoms with E-state index < -0.39 is 5.97 Å². The van der Waals surface area contributed by atoms with Gasteiger partial charge >= 0.3 is 5.97 Å². The third-order valence-electron chi connectivity index (χ3n) is 3.22. The van der Waals surface area contributed by atoms with Crippen molar-refractivity contribution in [1.29, 1.82) is 0 Å². The Hall–Kier alpha value is -0.720. The van der Waals surface area contributed by atoms with Gasteiger partial charge in [-0.2, -0.15) is 11.8 Å². The minimum atomic E-state index is -0.726. The molecule has 0 aliphatic carbocycles. The molecule has 1 aromatic carbocycles. The van der Waals surface area contributed by atoms with Gasteiger partial charge in [0.05, 0.1) is 6.42 Å². The third-order valence-corrected chi connectivity index (χ3v) is 4.84.